The molecule has 2 amide bonds. The topological polar surface area (TPSA) is 207 Å². The van der Waals surface area contributed by atoms with Crippen LogP contribution in [0.4, 0.5) is 11.8 Å². The molecule has 0 radical (unpaired) electrons. The Bertz CT molecular complexity index is 1890. The first-order chi connectivity index (χ1) is 27.0. The smallest absolute Gasteiger partial charge is 0.321 e. The predicted octanol–water partition coefficient (Wildman–Crippen LogP) is 3.40. The molecule has 1 saturated carbocycles. The number of nitrogens with zero attached hydrogens (tertiary/aromatic N) is 7. The van der Waals surface area contributed by atoms with Crippen molar-refractivity contribution in [2.24, 2.45) is 17.6 Å². The van der Waals surface area contributed by atoms with Gasteiger partial charge in [-0.1, -0.05) is 26.0 Å². The van der Waals surface area contributed by atoms with Crippen molar-refractivity contribution in [1.29, 1.82) is 0 Å². The molecule has 6 rings (SSSR count). The number of thioether (sulfide) groups is 1. The van der Waals surface area contributed by atoms with Gasteiger partial charge < -0.3 is 41.2 Å². The van der Waals surface area contributed by atoms with Crippen LogP contribution in [0.25, 0.3) is 11.0 Å². The van der Waals surface area contributed by atoms with E-state index in [-0.39, 0.29) is 34.7 Å². The average Bonchev–Trinajstić information content (AvgIpc) is 3.72. The number of methoxy groups -OCH3 is 2. The first-order valence-electron chi connectivity index (χ1n) is 19.6. The van der Waals surface area contributed by atoms with E-state index >= 15 is 0 Å². The molecule has 56 heavy (non-hydrogen) atoms. The van der Waals surface area contributed by atoms with Gasteiger partial charge in [0, 0.05) is 75.2 Å². The second-order valence-corrected chi connectivity index (χ2v) is 16.3. The Labute approximate surface area is 332 Å². The zero-order valence-corrected chi connectivity index (χ0v) is 33.6. The number of nitrogen functional groups attached to an aromatic ring is 1. The lowest BCUT2D eigenvalue weighted by molar-refractivity contribution is -0.139. The van der Waals surface area contributed by atoms with Crippen LogP contribution in [0.2, 0.25) is 0 Å². The van der Waals surface area contributed by atoms with Crippen molar-refractivity contribution in [3.8, 4) is 11.5 Å². The van der Waals surface area contributed by atoms with Gasteiger partial charge in [0.2, 0.25) is 17.8 Å². The summed E-state index contributed by atoms with van der Waals surface area (Å²) in [5, 5.41) is 16.9. The van der Waals surface area contributed by atoms with Crippen LogP contribution in [0.3, 0.4) is 0 Å². The third kappa shape index (κ3) is 9.49. The highest BCUT2D eigenvalue weighted by Crippen LogP contribution is 2.37. The standard InChI is InChI=1S/C39H56N10O6S/c1-5-6-13-42-35-33-30(43-39(41)44-35)22-48(45-33)21-28-31(54-3)12-11-27(34(28)55-4)20-46-14-16-47(17-15-46)36(50)26-9-7-25(8-10-26)19-49-24(2)18-32(37(49)51)56-23-29(40)38(52)53/h11-12,22,25-26,29,32H,2,5-10,13-21,23,40H2,1,3-4H3,(H,52,53)(H3,41,42,43,44)/t25?,26?,29-,32?/m1/s1. The second-order valence-electron chi connectivity index (χ2n) is 15.0. The Hall–Kier alpha value is -4.61. The van der Waals surface area contributed by atoms with Crippen LogP contribution in [-0.4, -0.2) is 128 Å². The summed E-state index contributed by atoms with van der Waals surface area (Å²) in [6, 6.07) is 3.01. The molecule has 3 fully saturated rings. The van der Waals surface area contributed by atoms with Gasteiger partial charge in [-0.2, -0.15) is 10.1 Å². The number of ether oxygens (including phenoxy) is 2. The van der Waals surface area contributed by atoms with Crippen LogP contribution in [0.1, 0.15) is 63.0 Å². The highest BCUT2D eigenvalue weighted by molar-refractivity contribution is 8.00. The van der Waals surface area contributed by atoms with Crippen LogP contribution in [-0.2, 0) is 27.5 Å². The van der Waals surface area contributed by atoms with E-state index in [2.05, 4.69) is 33.7 Å². The number of carboxylic acids is 1. The van der Waals surface area contributed by atoms with Crippen LogP contribution in [0.15, 0.2) is 30.6 Å². The Morgan fingerprint density at radius 3 is 2.52 bits per heavy atom. The summed E-state index contributed by atoms with van der Waals surface area (Å²) in [4.78, 5) is 52.8. The Balaban J connectivity index is 1.01. The number of carbonyl (C=O) groups excluding carboxylic acids is 2. The molecule has 6 N–H and O–H groups in total. The predicted molar refractivity (Wildman–Crippen MR) is 216 cm³/mol. The molecular weight excluding hydrogens is 737 g/mol. The minimum Gasteiger partial charge on any atom is -0.496 e. The molecule has 1 unspecified atom stereocenters. The molecule has 1 aromatic carbocycles. The monoisotopic (exact) mass is 792 g/mol. The number of unbranched alkanes of at least 4 members (excludes halogenated alkanes) is 1. The van der Waals surface area contributed by atoms with E-state index in [1.807, 2.05) is 27.9 Å². The molecule has 3 aliphatic rings. The highest BCUT2D eigenvalue weighted by Gasteiger charge is 2.38. The quantitative estimate of drug-likeness (QED) is 0.145. The van der Waals surface area contributed by atoms with Crippen molar-refractivity contribution in [3.63, 3.8) is 0 Å². The highest BCUT2D eigenvalue weighted by atomic mass is 32.2. The molecule has 2 aliphatic heterocycles. The number of aliphatic carboxylic acids is 1. The van der Waals surface area contributed by atoms with E-state index in [9.17, 15) is 14.4 Å². The van der Waals surface area contributed by atoms with Crippen molar-refractivity contribution in [3.05, 3.63) is 41.7 Å². The number of carboxylic acid groups (broad SMARTS) is 1. The normalized spacial score (nSPS) is 21.1. The molecular formula is C39H56N10O6S. The van der Waals surface area contributed by atoms with Gasteiger partial charge in [-0.25, -0.2) is 4.98 Å². The lowest BCUT2D eigenvalue weighted by Gasteiger charge is -2.38. The molecule has 1 aliphatic carbocycles. The maximum atomic E-state index is 13.7. The fraction of sp³-hybridized carbons (Fsp3) is 0.590. The van der Waals surface area contributed by atoms with Crippen molar-refractivity contribution in [1.82, 2.24) is 34.4 Å². The van der Waals surface area contributed by atoms with E-state index < -0.39 is 12.0 Å². The first-order valence-corrected chi connectivity index (χ1v) is 20.6. The van der Waals surface area contributed by atoms with Crippen molar-refractivity contribution < 1.29 is 29.0 Å². The molecule has 0 bridgehead atoms. The number of allylic oxidation sites excluding steroid dienone is 1. The average molecular weight is 793 g/mol. The van der Waals surface area contributed by atoms with E-state index in [0.29, 0.717) is 67.7 Å². The number of nitrogens with one attached hydrogen (secondary N) is 1. The van der Waals surface area contributed by atoms with E-state index in [4.69, 9.17) is 31.1 Å². The summed E-state index contributed by atoms with van der Waals surface area (Å²) in [5.41, 5.74) is 15.6. The number of piperazine rings is 1. The summed E-state index contributed by atoms with van der Waals surface area (Å²) in [7, 11) is 3.32. The SMILES string of the molecule is C=C1CC(SC[C@@H](N)C(=O)O)C(=O)N1CC1CCC(C(=O)N2CCN(Cc3ccc(OC)c(Cn4cc5nc(N)nc(NCCCC)c5n4)c3OC)CC2)CC1. The maximum absolute atomic E-state index is 13.7. The number of benzene rings is 1. The number of anilines is 2. The summed E-state index contributed by atoms with van der Waals surface area (Å²) >= 11 is 1.29. The minimum absolute atomic E-state index is 0.00935. The van der Waals surface area contributed by atoms with Gasteiger partial charge in [0.1, 0.15) is 23.1 Å². The van der Waals surface area contributed by atoms with Crippen LogP contribution in [0, 0.1) is 11.8 Å². The Morgan fingerprint density at radius 2 is 1.84 bits per heavy atom. The zero-order chi connectivity index (χ0) is 39.9. The van der Waals surface area contributed by atoms with Crippen LogP contribution >= 0.6 is 11.8 Å². The van der Waals surface area contributed by atoms with Gasteiger partial charge >= 0.3 is 5.97 Å². The van der Waals surface area contributed by atoms with Gasteiger partial charge in [0.05, 0.1) is 37.8 Å². The molecule has 2 aromatic heterocycles. The molecule has 2 saturated heterocycles. The van der Waals surface area contributed by atoms with Gasteiger partial charge in [0.15, 0.2) is 11.3 Å². The fourth-order valence-electron chi connectivity index (χ4n) is 7.96. The molecule has 4 heterocycles. The number of rotatable bonds is 17. The first kappa shape index (κ1) is 41.0. The Kier molecular flexibility index (Phi) is 13.6. The Morgan fingerprint density at radius 1 is 1.09 bits per heavy atom. The number of fused-ring (bicyclic) bond motifs is 1. The van der Waals surface area contributed by atoms with Gasteiger partial charge in [-0.05, 0) is 44.1 Å². The molecule has 0 spiro atoms. The van der Waals surface area contributed by atoms with Crippen molar-refractivity contribution >= 4 is 52.3 Å². The van der Waals surface area contributed by atoms with Gasteiger partial charge in [-0.15, -0.1) is 11.8 Å². The third-order valence-electron chi connectivity index (χ3n) is 11.1. The van der Waals surface area contributed by atoms with Gasteiger partial charge in [-0.3, -0.25) is 24.0 Å². The molecule has 2 atom stereocenters. The zero-order valence-electron chi connectivity index (χ0n) is 32.7. The number of hydrogen-bond acceptors (Lipinski definition) is 13. The summed E-state index contributed by atoms with van der Waals surface area (Å²) in [5.74, 6) is 1.85. The lowest BCUT2D eigenvalue weighted by Crippen LogP contribution is -2.50. The lowest BCUT2D eigenvalue weighted by atomic mass is 9.81. The number of hydrogen-bond donors (Lipinski definition) is 4. The van der Waals surface area contributed by atoms with E-state index in [1.54, 1.807) is 19.1 Å². The summed E-state index contributed by atoms with van der Waals surface area (Å²) in [6.07, 6.45) is 7.78. The van der Waals surface area contributed by atoms with Crippen molar-refractivity contribution in [2.45, 2.75) is 76.3 Å². The molecule has 16 nitrogen and oxygen atoms in total. The van der Waals surface area contributed by atoms with E-state index in [0.717, 1.165) is 80.7 Å². The number of nitrogens with two attached hydrogens (primary N) is 2. The number of amides is 2. The molecule has 17 heteroatoms. The fourth-order valence-corrected chi connectivity index (χ4v) is 9.12. The van der Waals surface area contributed by atoms with E-state index in [1.165, 1.54) is 11.8 Å². The summed E-state index contributed by atoms with van der Waals surface area (Å²) in [6.45, 7) is 11.5. The van der Waals surface area contributed by atoms with Crippen LogP contribution in [0.5, 0.6) is 11.5 Å². The summed E-state index contributed by atoms with van der Waals surface area (Å²) < 4.78 is 13.6. The van der Waals surface area contributed by atoms with Gasteiger partial charge in [0.25, 0.3) is 0 Å². The minimum atomic E-state index is -1.07. The number of aromatic nitrogens is 4. The molecule has 3 aromatic rings. The van der Waals surface area contributed by atoms with Crippen LogP contribution < -0.4 is 26.3 Å². The van der Waals surface area contributed by atoms with Crippen molar-refractivity contribution in [2.75, 3.05) is 70.3 Å². The third-order valence-corrected chi connectivity index (χ3v) is 12.5. The molecule has 304 valence electrons. The maximum Gasteiger partial charge on any atom is 0.321 e. The second kappa shape index (κ2) is 18.6. The largest absolute Gasteiger partial charge is 0.496 e. The number of carbonyl (C=O) groups is 3. The number of likely N-dealkylation sites (tertiary alicyclic amines) is 1.